The highest BCUT2D eigenvalue weighted by Gasteiger charge is 2.26. The van der Waals surface area contributed by atoms with Gasteiger partial charge < -0.3 is 25.3 Å². The van der Waals surface area contributed by atoms with Crippen LogP contribution in [0.3, 0.4) is 0 Å². The number of ether oxygens (including phenoxy) is 1. The van der Waals surface area contributed by atoms with Gasteiger partial charge in [-0.1, -0.05) is 6.07 Å². The molecule has 3 aromatic rings. The highest BCUT2D eigenvalue weighted by molar-refractivity contribution is 6.01. The second-order valence-corrected chi connectivity index (χ2v) is 10.1. The van der Waals surface area contributed by atoms with Crippen LogP contribution in [0.25, 0.3) is 22.2 Å². The van der Waals surface area contributed by atoms with Gasteiger partial charge >= 0.3 is 0 Å². The van der Waals surface area contributed by atoms with Gasteiger partial charge in [-0.3, -0.25) is 4.90 Å². The number of hydrogen-bond acceptors (Lipinski definition) is 7. The number of rotatable bonds is 5. The molecule has 5 rings (SSSR count). The fraction of sp³-hybridized carbons (Fsp3) is 0.556. The Bertz CT molecular complexity index is 1140. The van der Waals surface area contributed by atoms with Crippen molar-refractivity contribution in [2.24, 2.45) is 0 Å². The summed E-state index contributed by atoms with van der Waals surface area (Å²) in [5, 5.41) is 4.12. The molecule has 2 aliphatic rings. The predicted molar refractivity (Wildman–Crippen MR) is 143 cm³/mol. The molecule has 35 heavy (non-hydrogen) atoms. The highest BCUT2D eigenvalue weighted by atomic mass is 16.5. The maximum atomic E-state index is 6.41. The number of nitrogens with zero attached hydrogens (tertiary/aromatic N) is 5. The number of methoxy groups -OCH3 is 1. The Morgan fingerprint density at radius 2 is 1.71 bits per heavy atom. The molecular formula is C27H39N7O. The number of fused-ring (bicyclic) bond motifs is 1. The second-order valence-electron chi connectivity index (χ2n) is 10.1. The van der Waals surface area contributed by atoms with Gasteiger partial charge in [-0.2, -0.15) is 0 Å². The molecule has 0 bridgehead atoms. The molecule has 0 radical (unpaired) electrons. The number of anilines is 2. The maximum absolute atomic E-state index is 6.41. The first-order valence-electron chi connectivity index (χ1n) is 13.0. The van der Waals surface area contributed by atoms with Crippen molar-refractivity contribution in [2.45, 2.75) is 50.6 Å². The average Bonchev–Trinajstić information content (AvgIpc) is 3.25. The van der Waals surface area contributed by atoms with Crippen LogP contribution in [0.2, 0.25) is 0 Å². The molecule has 1 saturated carbocycles. The molecule has 2 fully saturated rings. The number of aromatic nitrogens is 3. The van der Waals surface area contributed by atoms with E-state index in [0.29, 0.717) is 11.9 Å². The lowest BCUT2D eigenvalue weighted by Crippen LogP contribution is -2.49. The van der Waals surface area contributed by atoms with E-state index >= 15 is 0 Å². The summed E-state index contributed by atoms with van der Waals surface area (Å²) in [6.07, 6.45) is 11.2. The van der Waals surface area contributed by atoms with E-state index in [4.69, 9.17) is 15.5 Å². The molecule has 0 amide bonds. The van der Waals surface area contributed by atoms with Gasteiger partial charge in [-0.25, -0.2) is 9.97 Å². The third-order valence-corrected chi connectivity index (χ3v) is 8.02. The van der Waals surface area contributed by atoms with Crippen molar-refractivity contribution in [3.8, 4) is 16.9 Å². The highest BCUT2D eigenvalue weighted by Crippen LogP contribution is 2.39. The van der Waals surface area contributed by atoms with Gasteiger partial charge in [-0.15, -0.1) is 0 Å². The van der Waals surface area contributed by atoms with Gasteiger partial charge in [0.1, 0.15) is 23.5 Å². The number of benzene rings is 1. The summed E-state index contributed by atoms with van der Waals surface area (Å²) >= 11 is 0. The Balaban J connectivity index is 1.41. The Morgan fingerprint density at radius 1 is 1.00 bits per heavy atom. The molecule has 188 valence electrons. The molecule has 1 saturated heterocycles. The molecule has 0 unspecified atom stereocenters. The van der Waals surface area contributed by atoms with Crippen LogP contribution in [0, 0.1) is 0 Å². The average molecular weight is 478 g/mol. The first kappa shape index (κ1) is 23.9. The van der Waals surface area contributed by atoms with Crippen LogP contribution in [-0.2, 0) is 0 Å². The fourth-order valence-corrected chi connectivity index (χ4v) is 5.97. The maximum Gasteiger partial charge on any atom is 0.146 e. The van der Waals surface area contributed by atoms with Crippen molar-refractivity contribution in [2.75, 3.05) is 58.4 Å². The summed E-state index contributed by atoms with van der Waals surface area (Å²) in [5.74, 6) is 1.34. The molecule has 1 aromatic carbocycles. The molecule has 2 aromatic heterocycles. The summed E-state index contributed by atoms with van der Waals surface area (Å²) in [4.78, 5) is 14.2. The zero-order chi connectivity index (χ0) is 24.4. The van der Waals surface area contributed by atoms with Crippen LogP contribution in [0.4, 0.5) is 11.5 Å². The summed E-state index contributed by atoms with van der Waals surface area (Å²) < 4.78 is 7.99. The van der Waals surface area contributed by atoms with Crippen molar-refractivity contribution in [1.82, 2.24) is 24.3 Å². The van der Waals surface area contributed by atoms with Crippen molar-refractivity contribution in [3.63, 3.8) is 0 Å². The largest absolute Gasteiger partial charge is 0.495 e. The lowest BCUT2D eigenvalue weighted by molar-refractivity contribution is 0.0942. The Hall–Kier alpha value is -2.84. The summed E-state index contributed by atoms with van der Waals surface area (Å²) in [6.45, 7) is 4.81. The third kappa shape index (κ3) is 4.82. The van der Waals surface area contributed by atoms with Gasteiger partial charge in [-0.05, 0) is 63.3 Å². The zero-order valence-corrected chi connectivity index (χ0v) is 21.3. The van der Waals surface area contributed by atoms with Gasteiger partial charge in [0.15, 0.2) is 0 Å². The van der Waals surface area contributed by atoms with E-state index in [1.165, 1.54) is 64.7 Å². The first-order valence-corrected chi connectivity index (χ1v) is 13.0. The van der Waals surface area contributed by atoms with Crippen molar-refractivity contribution < 1.29 is 4.74 Å². The molecule has 8 heteroatoms. The third-order valence-electron chi connectivity index (χ3n) is 8.02. The summed E-state index contributed by atoms with van der Waals surface area (Å²) in [6, 6.07) is 7.38. The van der Waals surface area contributed by atoms with Crippen LogP contribution in [0.15, 0.2) is 30.7 Å². The number of hydrogen-bond donors (Lipinski definition) is 2. The topological polar surface area (TPSA) is 84.5 Å². The molecule has 8 nitrogen and oxygen atoms in total. The minimum Gasteiger partial charge on any atom is -0.495 e. The number of likely N-dealkylation sites (N-methyl/N-ethyl adjacent to an activating group) is 1. The van der Waals surface area contributed by atoms with Crippen molar-refractivity contribution in [3.05, 3.63) is 30.7 Å². The molecule has 0 atom stereocenters. The lowest BCUT2D eigenvalue weighted by atomic mass is 9.92. The van der Waals surface area contributed by atoms with E-state index in [2.05, 4.69) is 50.0 Å². The van der Waals surface area contributed by atoms with E-state index in [9.17, 15) is 0 Å². The molecule has 3 heterocycles. The SMILES string of the molecule is CNc1ccc(-c2cn(C3CCCC(N4CCN(C)CC4)CCC3)c3ncnc(N)c23)cc1OC. The zero-order valence-electron chi connectivity index (χ0n) is 21.3. The van der Waals surface area contributed by atoms with Crippen molar-refractivity contribution >= 4 is 22.5 Å². The monoisotopic (exact) mass is 477 g/mol. The van der Waals surface area contributed by atoms with Crippen LogP contribution in [-0.4, -0.2) is 77.8 Å². The first-order chi connectivity index (χ1) is 17.1. The van der Waals surface area contributed by atoms with Gasteiger partial charge in [0.2, 0.25) is 0 Å². The standard InChI is InChI=1S/C27H39N7O/c1-29-23-11-10-19(16-24(23)35-3)22-17-34(27-25(22)26(28)30-18-31-27)21-8-4-6-20(7-5-9-21)33-14-12-32(2)13-15-33/h10-11,16-18,20-21,29H,4-9,12-15H2,1-3H3,(H2,28,30,31). The minimum atomic E-state index is 0.424. The quantitative estimate of drug-likeness (QED) is 0.568. The van der Waals surface area contributed by atoms with E-state index in [-0.39, 0.29) is 0 Å². The number of nitrogens with two attached hydrogens (primary N) is 1. The Labute approximate surface area is 208 Å². The van der Waals surface area contributed by atoms with Gasteiger partial charge in [0, 0.05) is 57.1 Å². The van der Waals surface area contributed by atoms with Gasteiger partial charge in [0.05, 0.1) is 18.2 Å². The van der Waals surface area contributed by atoms with E-state index in [0.717, 1.165) is 39.6 Å². The van der Waals surface area contributed by atoms with E-state index in [1.807, 2.05) is 13.1 Å². The van der Waals surface area contributed by atoms with Gasteiger partial charge in [0.25, 0.3) is 0 Å². The van der Waals surface area contributed by atoms with Crippen molar-refractivity contribution in [1.29, 1.82) is 0 Å². The second kappa shape index (κ2) is 10.4. The summed E-state index contributed by atoms with van der Waals surface area (Å²) in [5.41, 5.74) is 10.4. The lowest BCUT2D eigenvalue weighted by Gasteiger charge is -2.39. The Kier molecular flexibility index (Phi) is 7.11. The fourth-order valence-electron chi connectivity index (χ4n) is 5.97. The Morgan fingerprint density at radius 3 is 2.40 bits per heavy atom. The number of piperazine rings is 1. The number of nitrogens with one attached hydrogen (secondary N) is 1. The van der Waals surface area contributed by atoms with Crippen LogP contribution in [0.1, 0.15) is 44.6 Å². The molecule has 0 spiro atoms. The number of nitrogen functional groups attached to an aromatic ring is 1. The minimum absolute atomic E-state index is 0.424. The normalized spacial score (nSPS) is 22.6. The summed E-state index contributed by atoms with van der Waals surface area (Å²) in [7, 11) is 5.83. The smallest absolute Gasteiger partial charge is 0.146 e. The molecular weight excluding hydrogens is 438 g/mol. The van der Waals surface area contributed by atoms with Crippen LogP contribution < -0.4 is 15.8 Å². The van der Waals surface area contributed by atoms with E-state index < -0.39 is 0 Å². The predicted octanol–water partition coefficient (Wildman–Crippen LogP) is 4.24. The molecule has 3 N–H and O–H groups in total. The van der Waals surface area contributed by atoms with Crippen LogP contribution >= 0.6 is 0 Å². The van der Waals surface area contributed by atoms with E-state index in [1.54, 1.807) is 13.4 Å². The molecule has 1 aliphatic heterocycles. The molecule has 1 aliphatic carbocycles. The van der Waals surface area contributed by atoms with Crippen LogP contribution in [0.5, 0.6) is 5.75 Å².